The number of carbonyl (C=O) groups excluding carboxylic acids is 1. The summed E-state index contributed by atoms with van der Waals surface area (Å²) < 4.78 is 33.3. The summed E-state index contributed by atoms with van der Waals surface area (Å²) in [6.45, 7) is 4.68. The van der Waals surface area contributed by atoms with Crippen molar-refractivity contribution in [1.82, 2.24) is 0 Å². The molecule has 288 valence electrons. The van der Waals surface area contributed by atoms with Gasteiger partial charge in [-0.2, -0.15) is 0 Å². The highest BCUT2D eigenvalue weighted by Gasteiger charge is 2.25. The first-order valence-electron chi connectivity index (χ1n) is 19.4. The summed E-state index contributed by atoms with van der Waals surface area (Å²) in [4.78, 5) is 22.4. The van der Waals surface area contributed by atoms with E-state index in [-0.39, 0.29) is 38.8 Å². The monoisotopic (exact) mass is 722 g/mol. The SMILES string of the molecule is CC/C=C\C/C=C\C/C=C\C/C=C\C/C=C\CCCCCC(=O)OC(COCCCCCCCC/C=C\CCCC)COP(=O)(O)OCCN. The molecule has 2 unspecified atom stereocenters. The van der Waals surface area contributed by atoms with Gasteiger partial charge in [-0.15, -0.1) is 0 Å². The summed E-state index contributed by atoms with van der Waals surface area (Å²) in [6, 6.07) is 0. The Kier molecular flexibility index (Phi) is 36.6. The topological polar surface area (TPSA) is 117 Å². The Hall–Kier alpha value is -2.06. The van der Waals surface area contributed by atoms with Crippen LogP contribution in [0.4, 0.5) is 0 Å². The molecule has 0 aliphatic carbocycles. The number of rotatable bonds is 36. The third kappa shape index (κ3) is 37.2. The Balaban J connectivity index is 4.18. The third-order valence-electron chi connectivity index (χ3n) is 7.61. The largest absolute Gasteiger partial charge is 0.472 e. The lowest BCUT2D eigenvalue weighted by Crippen LogP contribution is -2.28. The highest BCUT2D eigenvalue weighted by Crippen LogP contribution is 2.43. The summed E-state index contributed by atoms with van der Waals surface area (Å²) in [7, 11) is -4.29. The van der Waals surface area contributed by atoms with Crippen LogP contribution in [0.15, 0.2) is 72.9 Å². The van der Waals surface area contributed by atoms with Crippen LogP contribution in [0.5, 0.6) is 0 Å². The van der Waals surface area contributed by atoms with Gasteiger partial charge >= 0.3 is 13.8 Å². The number of phosphoric acid groups is 1. The van der Waals surface area contributed by atoms with Crippen LogP contribution in [0.3, 0.4) is 0 Å². The molecule has 0 saturated heterocycles. The molecule has 0 radical (unpaired) electrons. The van der Waals surface area contributed by atoms with Gasteiger partial charge in [0.25, 0.3) is 0 Å². The van der Waals surface area contributed by atoms with Gasteiger partial charge in [0.1, 0.15) is 6.10 Å². The van der Waals surface area contributed by atoms with Gasteiger partial charge in [-0.25, -0.2) is 4.57 Å². The molecule has 0 aliphatic rings. The Morgan fingerprint density at radius 3 is 1.70 bits per heavy atom. The average Bonchev–Trinajstić information content (AvgIpc) is 3.10. The van der Waals surface area contributed by atoms with Crippen LogP contribution in [0.2, 0.25) is 0 Å². The number of phosphoric ester groups is 1. The Morgan fingerprint density at radius 1 is 0.620 bits per heavy atom. The summed E-state index contributed by atoms with van der Waals surface area (Å²) in [5, 5.41) is 0. The maximum absolute atomic E-state index is 12.5. The zero-order valence-corrected chi connectivity index (χ0v) is 32.5. The second-order valence-corrected chi connectivity index (χ2v) is 13.9. The minimum atomic E-state index is -4.29. The van der Waals surface area contributed by atoms with Crippen LogP contribution < -0.4 is 5.73 Å². The molecular weight excluding hydrogens is 649 g/mol. The Labute approximate surface area is 305 Å². The fraction of sp³-hybridized carbons (Fsp3) is 0.683. The van der Waals surface area contributed by atoms with Crippen LogP contribution in [-0.2, 0) is 27.9 Å². The number of allylic oxidation sites excluding steroid dienone is 12. The summed E-state index contributed by atoms with van der Waals surface area (Å²) in [5.41, 5.74) is 5.35. The van der Waals surface area contributed by atoms with Gasteiger partial charge in [0.15, 0.2) is 0 Å². The molecular formula is C41H72NO7P. The molecule has 0 aliphatic heterocycles. The Bertz CT molecular complexity index is 989. The minimum Gasteiger partial charge on any atom is -0.457 e. The highest BCUT2D eigenvalue weighted by molar-refractivity contribution is 7.47. The van der Waals surface area contributed by atoms with E-state index in [0.29, 0.717) is 13.0 Å². The Morgan fingerprint density at radius 2 is 1.12 bits per heavy atom. The molecule has 0 fully saturated rings. The van der Waals surface area contributed by atoms with E-state index in [2.05, 4.69) is 86.8 Å². The molecule has 0 spiro atoms. The van der Waals surface area contributed by atoms with E-state index in [1.54, 1.807) is 0 Å². The molecule has 0 aromatic carbocycles. The van der Waals surface area contributed by atoms with Crippen LogP contribution in [0.1, 0.15) is 142 Å². The number of unbranched alkanes of at least 4 members (excludes halogenated alkanes) is 11. The number of hydrogen-bond donors (Lipinski definition) is 2. The van der Waals surface area contributed by atoms with E-state index in [4.69, 9.17) is 24.3 Å². The molecule has 0 aromatic heterocycles. The van der Waals surface area contributed by atoms with Gasteiger partial charge in [0, 0.05) is 19.6 Å². The quantitative estimate of drug-likeness (QED) is 0.0284. The van der Waals surface area contributed by atoms with Crippen molar-refractivity contribution in [2.45, 2.75) is 148 Å². The molecule has 9 heteroatoms. The summed E-state index contributed by atoms with van der Waals surface area (Å²) in [5.74, 6) is -0.368. The zero-order chi connectivity index (χ0) is 36.6. The standard InChI is InChI=1S/C41H72NO7P/c1-3-5-7-9-11-13-15-17-18-19-20-21-22-23-24-26-28-30-32-34-41(43)49-40(39-48-50(44,45)47-37-35-42)38-46-36-33-31-29-27-25-16-14-12-10-8-6-4-2/h5,7,10-13,17-18,20-21,23-24,40H,3-4,6,8-9,14-16,19,22,25-39,42H2,1-2H3,(H,44,45)/b7-5-,12-10-,13-11-,18-17-,21-20-,24-23-. The first-order valence-corrected chi connectivity index (χ1v) is 20.9. The van der Waals surface area contributed by atoms with Crippen molar-refractivity contribution in [3.05, 3.63) is 72.9 Å². The lowest BCUT2D eigenvalue weighted by Gasteiger charge is -2.20. The van der Waals surface area contributed by atoms with Gasteiger partial charge in [0.2, 0.25) is 0 Å². The number of hydrogen-bond acceptors (Lipinski definition) is 7. The van der Waals surface area contributed by atoms with Crippen molar-refractivity contribution in [2.75, 3.05) is 33.0 Å². The molecule has 2 atom stereocenters. The van der Waals surface area contributed by atoms with Crippen molar-refractivity contribution >= 4 is 13.8 Å². The van der Waals surface area contributed by atoms with Gasteiger partial charge in [0.05, 0.1) is 19.8 Å². The van der Waals surface area contributed by atoms with Crippen molar-refractivity contribution in [3.63, 3.8) is 0 Å². The van der Waals surface area contributed by atoms with Crippen LogP contribution in [-0.4, -0.2) is 49.9 Å². The second-order valence-electron chi connectivity index (χ2n) is 12.4. The zero-order valence-electron chi connectivity index (χ0n) is 31.6. The average molecular weight is 722 g/mol. The maximum Gasteiger partial charge on any atom is 0.472 e. The summed E-state index contributed by atoms with van der Waals surface area (Å²) >= 11 is 0. The predicted molar refractivity (Wildman–Crippen MR) is 210 cm³/mol. The minimum absolute atomic E-state index is 0.0899. The maximum atomic E-state index is 12.5. The highest BCUT2D eigenvalue weighted by atomic mass is 31.2. The molecule has 50 heavy (non-hydrogen) atoms. The van der Waals surface area contributed by atoms with Gasteiger partial charge in [-0.1, -0.05) is 132 Å². The number of nitrogens with two attached hydrogens (primary N) is 1. The third-order valence-corrected chi connectivity index (χ3v) is 8.59. The number of carbonyl (C=O) groups is 1. The van der Waals surface area contributed by atoms with Crippen molar-refractivity contribution < 1.29 is 32.8 Å². The first kappa shape index (κ1) is 47.9. The normalized spacial score (nSPS) is 14.4. The summed E-state index contributed by atoms with van der Waals surface area (Å²) in [6.07, 6.45) is 46.3. The molecule has 0 amide bonds. The van der Waals surface area contributed by atoms with Crippen LogP contribution in [0.25, 0.3) is 0 Å². The number of esters is 1. The molecule has 8 nitrogen and oxygen atoms in total. The molecule has 0 bridgehead atoms. The van der Waals surface area contributed by atoms with E-state index in [1.165, 1.54) is 38.5 Å². The lowest BCUT2D eigenvalue weighted by atomic mass is 10.1. The van der Waals surface area contributed by atoms with E-state index in [9.17, 15) is 14.3 Å². The van der Waals surface area contributed by atoms with Crippen molar-refractivity contribution in [2.24, 2.45) is 5.73 Å². The van der Waals surface area contributed by atoms with Crippen LogP contribution >= 0.6 is 7.82 Å². The van der Waals surface area contributed by atoms with E-state index < -0.39 is 13.9 Å². The van der Waals surface area contributed by atoms with E-state index in [1.807, 2.05) is 0 Å². The van der Waals surface area contributed by atoms with Gasteiger partial charge in [-0.05, 0) is 77.0 Å². The molecule has 0 rings (SSSR count). The first-order chi connectivity index (χ1) is 24.4. The second kappa shape index (κ2) is 38.2. The lowest BCUT2D eigenvalue weighted by molar-refractivity contribution is -0.154. The van der Waals surface area contributed by atoms with E-state index in [0.717, 1.165) is 77.0 Å². The fourth-order valence-corrected chi connectivity index (χ4v) is 5.53. The molecule has 3 N–H and O–H groups in total. The van der Waals surface area contributed by atoms with Gasteiger partial charge in [-0.3, -0.25) is 13.8 Å². The van der Waals surface area contributed by atoms with E-state index >= 15 is 0 Å². The van der Waals surface area contributed by atoms with Crippen LogP contribution in [0, 0.1) is 0 Å². The molecule has 0 saturated carbocycles. The molecule has 0 aromatic rings. The smallest absolute Gasteiger partial charge is 0.457 e. The predicted octanol–water partition coefficient (Wildman–Crippen LogP) is 11.2. The molecule has 0 heterocycles. The fourth-order valence-electron chi connectivity index (χ4n) is 4.77. The van der Waals surface area contributed by atoms with Crippen molar-refractivity contribution in [1.29, 1.82) is 0 Å². The number of ether oxygens (including phenoxy) is 2. The van der Waals surface area contributed by atoms with Crippen molar-refractivity contribution in [3.8, 4) is 0 Å². The van der Waals surface area contributed by atoms with Gasteiger partial charge < -0.3 is 20.1 Å².